The van der Waals surface area contributed by atoms with E-state index in [0.717, 1.165) is 44.1 Å². The number of para-hydroxylation sites is 1. The van der Waals surface area contributed by atoms with E-state index < -0.39 is 0 Å². The molecule has 0 atom stereocenters. The quantitative estimate of drug-likeness (QED) is 0.185. The van der Waals surface area contributed by atoms with Gasteiger partial charge in [0.05, 0.1) is 11.0 Å². The molecule has 0 aliphatic heterocycles. The van der Waals surface area contributed by atoms with Gasteiger partial charge in [0, 0.05) is 42.1 Å². The van der Waals surface area contributed by atoms with Crippen LogP contribution >= 0.6 is 11.3 Å². The van der Waals surface area contributed by atoms with Crippen LogP contribution in [0.25, 0.3) is 93.0 Å². The zero-order chi connectivity index (χ0) is 33.0. The van der Waals surface area contributed by atoms with Gasteiger partial charge in [0.2, 0.25) is 5.95 Å². The third-order valence-corrected chi connectivity index (χ3v) is 10.7. The van der Waals surface area contributed by atoms with E-state index in [1.165, 1.54) is 31.3 Å². The number of rotatable bonds is 5. The first kappa shape index (κ1) is 28.6. The summed E-state index contributed by atoms with van der Waals surface area (Å²) >= 11 is 1.85. The highest BCUT2D eigenvalue weighted by molar-refractivity contribution is 7.26. The highest BCUT2D eigenvalue weighted by atomic mass is 32.1. The van der Waals surface area contributed by atoms with Gasteiger partial charge in [-0.25, -0.2) is 4.98 Å². The first-order valence-electron chi connectivity index (χ1n) is 16.7. The van der Waals surface area contributed by atoms with Gasteiger partial charge in [0.1, 0.15) is 0 Å². The molecular formula is C45H28N4S. The summed E-state index contributed by atoms with van der Waals surface area (Å²) in [5, 5.41) is 4.90. The molecule has 7 aromatic carbocycles. The Kier molecular flexibility index (Phi) is 6.64. The van der Waals surface area contributed by atoms with E-state index in [9.17, 15) is 0 Å². The van der Waals surface area contributed by atoms with Crippen molar-refractivity contribution in [2.45, 2.75) is 0 Å². The lowest BCUT2D eigenvalue weighted by Gasteiger charge is -2.12. The Labute approximate surface area is 292 Å². The molecule has 0 saturated carbocycles. The summed E-state index contributed by atoms with van der Waals surface area (Å²) in [6.07, 6.45) is 0. The minimum absolute atomic E-state index is 0.587. The van der Waals surface area contributed by atoms with Gasteiger partial charge in [-0.05, 0) is 40.5 Å². The Bertz CT molecular complexity index is 2850. The average molecular weight is 657 g/mol. The number of fused-ring (bicyclic) bond motifs is 6. The summed E-state index contributed by atoms with van der Waals surface area (Å²) in [7, 11) is 0. The minimum atomic E-state index is 0.587. The topological polar surface area (TPSA) is 43.6 Å². The van der Waals surface area contributed by atoms with Gasteiger partial charge >= 0.3 is 0 Å². The maximum Gasteiger partial charge on any atom is 0.238 e. The van der Waals surface area contributed by atoms with Crippen LogP contribution in [-0.2, 0) is 0 Å². The SMILES string of the molecule is c1ccc(-c2ccc(-c3nc(-c4ccccc4)nc(-n4c5ccccc5c5ccc(-c6cccc7c6sc6ccccc67)cc54)n3)cc2)cc1. The maximum absolute atomic E-state index is 5.20. The van der Waals surface area contributed by atoms with Crippen LogP contribution < -0.4 is 0 Å². The summed E-state index contributed by atoms with van der Waals surface area (Å²) in [6.45, 7) is 0. The fourth-order valence-corrected chi connectivity index (χ4v) is 8.32. The fraction of sp³-hybridized carbons (Fsp3) is 0. The molecule has 0 aliphatic carbocycles. The van der Waals surface area contributed by atoms with Crippen molar-refractivity contribution in [2.75, 3.05) is 0 Å². The Morgan fingerprint density at radius 2 is 0.940 bits per heavy atom. The van der Waals surface area contributed by atoms with Crippen LogP contribution in [0.15, 0.2) is 170 Å². The van der Waals surface area contributed by atoms with Crippen LogP contribution in [-0.4, -0.2) is 19.5 Å². The monoisotopic (exact) mass is 656 g/mol. The van der Waals surface area contributed by atoms with E-state index in [1.54, 1.807) is 0 Å². The zero-order valence-corrected chi connectivity index (χ0v) is 27.7. The minimum Gasteiger partial charge on any atom is -0.278 e. The maximum atomic E-state index is 5.20. The van der Waals surface area contributed by atoms with Crippen LogP contribution in [0.4, 0.5) is 0 Å². The predicted molar refractivity (Wildman–Crippen MR) is 209 cm³/mol. The van der Waals surface area contributed by atoms with Gasteiger partial charge in [-0.2, -0.15) is 9.97 Å². The lowest BCUT2D eigenvalue weighted by molar-refractivity contribution is 0.953. The highest BCUT2D eigenvalue weighted by Gasteiger charge is 2.19. The molecule has 0 amide bonds. The normalized spacial score (nSPS) is 11.6. The third-order valence-electron chi connectivity index (χ3n) is 9.49. The van der Waals surface area contributed by atoms with Crippen molar-refractivity contribution in [3.05, 3.63) is 170 Å². The first-order chi connectivity index (χ1) is 24.8. The highest BCUT2D eigenvalue weighted by Crippen LogP contribution is 2.41. The van der Waals surface area contributed by atoms with Gasteiger partial charge < -0.3 is 0 Å². The van der Waals surface area contributed by atoms with Crippen LogP contribution in [0.5, 0.6) is 0 Å². The van der Waals surface area contributed by atoms with Crippen LogP contribution in [0, 0.1) is 0 Å². The number of hydrogen-bond acceptors (Lipinski definition) is 4. The third kappa shape index (κ3) is 4.71. The van der Waals surface area contributed by atoms with E-state index in [-0.39, 0.29) is 0 Å². The number of thiophene rings is 1. The lowest BCUT2D eigenvalue weighted by atomic mass is 10.0. The van der Waals surface area contributed by atoms with Crippen molar-refractivity contribution < 1.29 is 0 Å². The molecule has 50 heavy (non-hydrogen) atoms. The van der Waals surface area contributed by atoms with E-state index in [0.29, 0.717) is 17.6 Å². The van der Waals surface area contributed by atoms with Crippen LogP contribution in [0.2, 0.25) is 0 Å². The Morgan fingerprint density at radius 3 is 1.72 bits per heavy atom. The second kappa shape index (κ2) is 11.6. The molecule has 3 heterocycles. The summed E-state index contributed by atoms with van der Waals surface area (Å²) < 4.78 is 4.80. The van der Waals surface area contributed by atoms with Crippen molar-refractivity contribution in [3.8, 4) is 51.0 Å². The fourth-order valence-electron chi connectivity index (χ4n) is 7.08. The molecule has 0 N–H and O–H groups in total. The molecular weight excluding hydrogens is 629 g/mol. The molecule has 5 heteroatoms. The lowest BCUT2D eigenvalue weighted by Crippen LogP contribution is -2.06. The van der Waals surface area contributed by atoms with Crippen molar-refractivity contribution in [2.24, 2.45) is 0 Å². The number of benzene rings is 7. The molecule has 0 radical (unpaired) electrons. The van der Waals surface area contributed by atoms with E-state index in [4.69, 9.17) is 15.0 Å². The molecule has 0 aliphatic rings. The molecule has 234 valence electrons. The van der Waals surface area contributed by atoms with E-state index in [1.807, 2.05) is 35.6 Å². The van der Waals surface area contributed by atoms with Gasteiger partial charge in [0.25, 0.3) is 0 Å². The standard InChI is InChI=1S/C45H28N4S/c1-3-12-29(13-4-1)30-22-24-32(25-23-30)44-46-43(31-14-5-2-6-15-31)47-45(48-44)49-39-20-9-7-16-35(39)36-27-26-33(28-40(36)49)34-18-11-19-38-37-17-8-10-21-41(37)50-42(34)38/h1-28H. The molecule has 0 bridgehead atoms. The van der Waals surface area contributed by atoms with Gasteiger partial charge in [-0.1, -0.05) is 152 Å². The van der Waals surface area contributed by atoms with Crippen molar-refractivity contribution in [1.29, 1.82) is 0 Å². The summed E-state index contributed by atoms with van der Waals surface area (Å²) in [4.78, 5) is 15.4. The molecule has 3 aromatic heterocycles. The molecule has 0 fully saturated rings. The van der Waals surface area contributed by atoms with Crippen molar-refractivity contribution in [3.63, 3.8) is 0 Å². The summed E-state index contributed by atoms with van der Waals surface area (Å²) in [6, 6.07) is 59.7. The second-order valence-electron chi connectivity index (χ2n) is 12.5. The van der Waals surface area contributed by atoms with Gasteiger partial charge in [0.15, 0.2) is 11.6 Å². The predicted octanol–water partition coefficient (Wildman–Crippen LogP) is 12.0. The van der Waals surface area contributed by atoms with E-state index >= 15 is 0 Å². The molecule has 10 rings (SSSR count). The smallest absolute Gasteiger partial charge is 0.238 e. The zero-order valence-electron chi connectivity index (χ0n) is 26.9. The second-order valence-corrected chi connectivity index (χ2v) is 13.5. The van der Waals surface area contributed by atoms with E-state index in [2.05, 4.69) is 150 Å². The first-order valence-corrected chi connectivity index (χ1v) is 17.5. The summed E-state index contributed by atoms with van der Waals surface area (Å²) in [5.41, 5.74) is 8.69. The molecule has 10 aromatic rings. The Hall–Kier alpha value is -6.43. The largest absolute Gasteiger partial charge is 0.278 e. The van der Waals surface area contributed by atoms with Gasteiger partial charge in [-0.15, -0.1) is 11.3 Å². The Balaban J connectivity index is 1.20. The van der Waals surface area contributed by atoms with Gasteiger partial charge in [-0.3, -0.25) is 4.57 Å². The number of nitrogens with zero attached hydrogens (tertiary/aromatic N) is 4. The Morgan fingerprint density at radius 1 is 0.380 bits per heavy atom. The summed E-state index contributed by atoms with van der Waals surface area (Å²) in [5.74, 6) is 1.85. The van der Waals surface area contributed by atoms with Crippen LogP contribution in [0.1, 0.15) is 0 Å². The number of aromatic nitrogens is 4. The van der Waals surface area contributed by atoms with Crippen LogP contribution in [0.3, 0.4) is 0 Å². The number of hydrogen-bond donors (Lipinski definition) is 0. The molecule has 4 nitrogen and oxygen atoms in total. The van der Waals surface area contributed by atoms with Crippen molar-refractivity contribution >= 4 is 53.3 Å². The van der Waals surface area contributed by atoms with Crippen molar-refractivity contribution in [1.82, 2.24) is 19.5 Å². The average Bonchev–Trinajstić information content (AvgIpc) is 3.74. The molecule has 0 spiro atoms. The molecule has 0 saturated heterocycles. The molecule has 0 unspecified atom stereocenters.